The van der Waals surface area contributed by atoms with Gasteiger partial charge in [-0.2, -0.15) is 0 Å². The van der Waals surface area contributed by atoms with Gasteiger partial charge in [-0.05, 0) is 24.1 Å². The summed E-state index contributed by atoms with van der Waals surface area (Å²) in [4.78, 5) is -0.207. The summed E-state index contributed by atoms with van der Waals surface area (Å²) >= 11 is 3.20. The quantitative estimate of drug-likeness (QED) is 0.568. The van der Waals surface area contributed by atoms with Crippen molar-refractivity contribution in [1.82, 2.24) is 0 Å². The molecule has 1 unspecified atom stereocenters. The number of hydrogen-bond acceptors (Lipinski definition) is 1. The Morgan fingerprint density at radius 1 is 1.55 bits per heavy atom. The minimum atomic E-state index is -0.207. The Morgan fingerprint density at radius 2 is 2.18 bits per heavy atom. The highest BCUT2D eigenvalue weighted by molar-refractivity contribution is 9.09. The summed E-state index contributed by atoms with van der Waals surface area (Å²) in [6, 6.07) is 4.82. The molecular formula is C8H9BrFN. The molecule has 0 radical (unpaired) electrons. The van der Waals surface area contributed by atoms with E-state index < -0.39 is 0 Å². The van der Waals surface area contributed by atoms with Crippen LogP contribution in [0, 0.1) is 12.7 Å². The van der Waals surface area contributed by atoms with Crippen LogP contribution in [-0.4, -0.2) is 0 Å². The molecule has 0 amide bonds. The first-order valence-corrected chi connectivity index (χ1v) is 4.18. The van der Waals surface area contributed by atoms with Crippen molar-refractivity contribution in [3.63, 3.8) is 0 Å². The van der Waals surface area contributed by atoms with Gasteiger partial charge in [-0.15, -0.1) is 0 Å². The van der Waals surface area contributed by atoms with Crippen molar-refractivity contribution in [2.45, 2.75) is 11.9 Å². The molecule has 0 spiro atoms. The summed E-state index contributed by atoms with van der Waals surface area (Å²) in [7, 11) is 0. The number of aryl methyl sites for hydroxylation is 1. The van der Waals surface area contributed by atoms with Crippen molar-refractivity contribution >= 4 is 15.9 Å². The van der Waals surface area contributed by atoms with Gasteiger partial charge < -0.3 is 5.73 Å². The van der Waals surface area contributed by atoms with E-state index in [1.807, 2.05) is 0 Å². The lowest BCUT2D eigenvalue weighted by Gasteiger charge is -2.04. The van der Waals surface area contributed by atoms with Crippen molar-refractivity contribution in [2.75, 3.05) is 0 Å². The fourth-order valence-electron chi connectivity index (χ4n) is 0.839. The van der Waals surface area contributed by atoms with Crippen LogP contribution in [0.2, 0.25) is 0 Å². The first-order valence-electron chi connectivity index (χ1n) is 3.27. The van der Waals surface area contributed by atoms with Crippen molar-refractivity contribution in [3.8, 4) is 0 Å². The molecule has 0 saturated carbocycles. The number of benzene rings is 1. The van der Waals surface area contributed by atoms with Gasteiger partial charge in [0.2, 0.25) is 0 Å². The van der Waals surface area contributed by atoms with E-state index in [2.05, 4.69) is 15.9 Å². The molecule has 3 heteroatoms. The molecule has 1 rings (SSSR count). The van der Waals surface area contributed by atoms with Crippen molar-refractivity contribution in [3.05, 3.63) is 35.1 Å². The Balaban J connectivity index is 3.05. The van der Waals surface area contributed by atoms with Gasteiger partial charge in [0.1, 0.15) is 5.82 Å². The molecule has 0 aliphatic carbocycles. The van der Waals surface area contributed by atoms with Crippen LogP contribution in [0.3, 0.4) is 0 Å². The zero-order valence-electron chi connectivity index (χ0n) is 6.14. The molecule has 11 heavy (non-hydrogen) atoms. The number of halogens is 2. The summed E-state index contributed by atoms with van der Waals surface area (Å²) in [5.74, 6) is -0.193. The number of rotatable bonds is 1. The van der Waals surface area contributed by atoms with Crippen LogP contribution in [0.25, 0.3) is 0 Å². The van der Waals surface area contributed by atoms with Gasteiger partial charge >= 0.3 is 0 Å². The van der Waals surface area contributed by atoms with Gasteiger partial charge in [-0.3, -0.25) is 0 Å². The van der Waals surface area contributed by atoms with Gasteiger partial charge in [0, 0.05) is 0 Å². The van der Waals surface area contributed by atoms with Crippen molar-refractivity contribution < 1.29 is 4.39 Å². The summed E-state index contributed by atoms with van der Waals surface area (Å²) in [6.45, 7) is 1.72. The fraction of sp³-hybridized carbons (Fsp3) is 0.250. The van der Waals surface area contributed by atoms with Crippen LogP contribution in [0.1, 0.15) is 16.1 Å². The minimum absolute atomic E-state index is 0.193. The average molecular weight is 218 g/mol. The SMILES string of the molecule is Cc1cc(C(N)Br)ccc1F. The van der Waals surface area contributed by atoms with Crippen LogP contribution in [0.15, 0.2) is 18.2 Å². The highest BCUT2D eigenvalue weighted by Crippen LogP contribution is 2.18. The molecule has 0 aliphatic heterocycles. The largest absolute Gasteiger partial charge is 0.315 e. The lowest BCUT2D eigenvalue weighted by atomic mass is 10.1. The van der Waals surface area contributed by atoms with Crippen LogP contribution in [0.4, 0.5) is 4.39 Å². The molecular weight excluding hydrogens is 209 g/mol. The molecule has 1 nitrogen and oxygen atoms in total. The minimum Gasteiger partial charge on any atom is -0.315 e. The molecule has 0 heterocycles. The summed E-state index contributed by atoms with van der Waals surface area (Å²) < 4.78 is 12.7. The highest BCUT2D eigenvalue weighted by atomic mass is 79.9. The van der Waals surface area contributed by atoms with Crippen LogP contribution < -0.4 is 5.73 Å². The second kappa shape index (κ2) is 3.32. The zero-order valence-corrected chi connectivity index (χ0v) is 7.73. The second-order valence-corrected chi connectivity index (χ2v) is 3.40. The molecule has 0 aromatic heterocycles. The van der Waals surface area contributed by atoms with E-state index in [-0.39, 0.29) is 10.8 Å². The van der Waals surface area contributed by atoms with E-state index in [1.165, 1.54) is 6.07 Å². The van der Waals surface area contributed by atoms with Crippen molar-refractivity contribution in [2.24, 2.45) is 5.73 Å². The average Bonchev–Trinajstić information content (AvgIpc) is 1.94. The van der Waals surface area contributed by atoms with E-state index in [1.54, 1.807) is 19.1 Å². The van der Waals surface area contributed by atoms with E-state index in [0.29, 0.717) is 5.56 Å². The first-order chi connectivity index (χ1) is 5.11. The van der Waals surface area contributed by atoms with Crippen LogP contribution >= 0.6 is 15.9 Å². The monoisotopic (exact) mass is 217 g/mol. The first kappa shape index (κ1) is 8.68. The molecule has 0 saturated heterocycles. The molecule has 0 bridgehead atoms. The predicted molar refractivity (Wildman–Crippen MR) is 47.0 cm³/mol. The number of alkyl halides is 1. The maximum atomic E-state index is 12.7. The third kappa shape index (κ3) is 2.01. The zero-order chi connectivity index (χ0) is 8.43. The Bertz CT molecular complexity index is 260. The van der Waals surface area contributed by atoms with E-state index >= 15 is 0 Å². The van der Waals surface area contributed by atoms with E-state index in [9.17, 15) is 4.39 Å². The van der Waals surface area contributed by atoms with Gasteiger partial charge in [0.25, 0.3) is 0 Å². The van der Waals surface area contributed by atoms with E-state index in [4.69, 9.17) is 5.73 Å². The van der Waals surface area contributed by atoms with Crippen LogP contribution in [0.5, 0.6) is 0 Å². The van der Waals surface area contributed by atoms with Crippen LogP contribution in [-0.2, 0) is 0 Å². The molecule has 0 fully saturated rings. The molecule has 60 valence electrons. The summed E-state index contributed by atoms with van der Waals surface area (Å²) in [5.41, 5.74) is 7.04. The second-order valence-electron chi connectivity index (χ2n) is 2.41. The maximum Gasteiger partial charge on any atom is 0.126 e. The highest BCUT2D eigenvalue weighted by Gasteiger charge is 2.02. The summed E-state index contributed by atoms with van der Waals surface area (Å²) in [5, 5.41) is 0. The smallest absolute Gasteiger partial charge is 0.126 e. The third-order valence-electron chi connectivity index (χ3n) is 1.50. The van der Waals surface area contributed by atoms with Gasteiger partial charge in [-0.25, -0.2) is 4.39 Å². The fourth-order valence-corrected chi connectivity index (χ4v) is 1.12. The Labute approximate surface area is 73.5 Å². The number of nitrogens with two attached hydrogens (primary N) is 1. The lowest BCUT2D eigenvalue weighted by molar-refractivity contribution is 0.617. The predicted octanol–water partition coefficient (Wildman–Crippen LogP) is 2.49. The van der Waals surface area contributed by atoms with Gasteiger partial charge in [0.05, 0.1) is 4.95 Å². The standard InChI is InChI=1S/C8H9BrFN/c1-5-4-6(8(9)11)2-3-7(5)10/h2-4,8H,11H2,1H3. The Kier molecular flexibility index (Phi) is 2.62. The molecule has 1 aromatic carbocycles. The maximum absolute atomic E-state index is 12.7. The molecule has 2 N–H and O–H groups in total. The topological polar surface area (TPSA) is 26.0 Å². The third-order valence-corrected chi connectivity index (χ3v) is 2.03. The molecule has 1 atom stereocenters. The molecule has 1 aromatic rings. The Morgan fingerprint density at radius 3 is 2.64 bits per heavy atom. The van der Waals surface area contributed by atoms with Gasteiger partial charge in [-0.1, -0.05) is 28.1 Å². The lowest BCUT2D eigenvalue weighted by Crippen LogP contribution is -2.01. The van der Waals surface area contributed by atoms with E-state index in [0.717, 1.165) is 5.56 Å². The van der Waals surface area contributed by atoms with Crippen molar-refractivity contribution in [1.29, 1.82) is 0 Å². The summed E-state index contributed by atoms with van der Waals surface area (Å²) in [6.07, 6.45) is 0. The normalized spacial score (nSPS) is 13.1. The Hall–Kier alpha value is -0.410. The number of hydrogen-bond donors (Lipinski definition) is 1. The molecule has 0 aliphatic rings. The van der Waals surface area contributed by atoms with Gasteiger partial charge in [0.15, 0.2) is 0 Å².